The molecule has 0 bridgehead atoms. The van der Waals surface area contributed by atoms with Gasteiger partial charge in [-0.2, -0.15) is 8.42 Å². The summed E-state index contributed by atoms with van der Waals surface area (Å²) in [6.07, 6.45) is -2.06. The second-order valence-corrected chi connectivity index (χ2v) is 7.89. The van der Waals surface area contributed by atoms with Gasteiger partial charge in [-0.15, -0.1) is 0 Å². The molecule has 2 unspecified atom stereocenters. The van der Waals surface area contributed by atoms with Crippen molar-refractivity contribution in [3.8, 4) is 0 Å². The summed E-state index contributed by atoms with van der Waals surface area (Å²) in [4.78, 5) is 34.5. The van der Waals surface area contributed by atoms with Crippen LogP contribution in [0.2, 0.25) is 0 Å². The molecule has 1 aliphatic rings. The van der Waals surface area contributed by atoms with Gasteiger partial charge in [-0.05, 0) is 18.4 Å². The highest BCUT2D eigenvalue weighted by molar-refractivity contribution is 7.86. The number of nitrogens with zero attached hydrogens (tertiary/aromatic N) is 2. The molecular weight excluding hydrogens is 384 g/mol. The number of carboxylic acids is 1. The Labute approximate surface area is 154 Å². The van der Waals surface area contributed by atoms with E-state index in [0.717, 1.165) is 6.26 Å². The number of hydrogen-bond acceptors (Lipinski definition) is 7. The van der Waals surface area contributed by atoms with Gasteiger partial charge in [0.1, 0.15) is 5.54 Å². The van der Waals surface area contributed by atoms with E-state index in [1.54, 1.807) is 0 Å². The Bertz CT molecular complexity index is 853. The second-order valence-electron chi connectivity index (χ2n) is 6.29. The Morgan fingerprint density at radius 1 is 1.33 bits per heavy atom. The van der Waals surface area contributed by atoms with E-state index in [2.05, 4.69) is 0 Å². The highest BCUT2D eigenvalue weighted by atomic mass is 32.2. The number of rotatable bonds is 6. The highest BCUT2D eigenvalue weighted by Gasteiger charge is 2.51. The molecule has 1 heterocycles. The number of nitro benzene ring substituents is 1. The van der Waals surface area contributed by atoms with Crippen LogP contribution in [0.25, 0.3) is 0 Å². The van der Waals surface area contributed by atoms with Crippen LogP contribution in [-0.2, 0) is 25.5 Å². The third-order valence-corrected chi connectivity index (χ3v) is 4.99. The number of nitro groups is 1. The predicted octanol–water partition coefficient (Wildman–Crippen LogP) is 1.08. The SMILES string of the molecule is CS(=O)(=O)OC1CCC(Cc2ccc([N+](=O)[O-])cc2)(C(=O)O)N(C(=O)O)C1. The molecule has 1 aliphatic heterocycles. The maximum atomic E-state index is 12.0. The first-order valence-corrected chi connectivity index (χ1v) is 9.62. The van der Waals surface area contributed by atoms with E-state index >= 15 is 0 Å². The molecule has 0 spiro atoms. The topological polar surface area (TPSA) is 164 Å². The van der Waals surface area contributed by atoms with Gasteiger partial charge >= 0.3 is 12.1 Å². The van der Waals surface area contributed by atoms with Gasteiger partial charge in [0, 0.05) is 18.6 Å². The number of hydrogen-bond donors (Lipinski definition) is 2. The van der Waals surface area contributed by atoms with Crippen molar-refractivity contribution in [2.24, 2.45) is 0 Å². The van der Waals surface area contributed by atoms with Crippen molar-refractivity contribution in [1.29, 1.82) is 0 Å². The van der Waals surface area contributed by atoms with E-state index in [0.29, 0.717) is 10.5 Å². The smallest absolute Gasteiger partial charge is 0.408 e. The number of benzene rings is 1. The van der Waals surface area contributed by atoms with Crippen LogP contribution in [0.15, 0.2) is 24.3 Å². The van der Waals surface area contributed by atoms with Crippen molar-refractivity contribution >= 4 is 27.9 Å². The number of non-ortho nitro benzene ring substituents is 1. The minimum Gasteiger partial charge on any atom is -0.479 e. The lowest BCUT2D eigenvalue weighted by Gasteiger charge is -2.44. The van der Waals surface area contributed by atoms with E-state index in [-0.39, 0.29) is 24.9 Å². The lowest BCUT2D eigenvalue weighted by Crippen LogP contribution is -2.63. The molecular formula is C15H18N2O9S. The zero-order chi connectivity index (χ0) is 20.4. The van der Waals surface area contributed by atoms with Crippen LogP contribution in [0, 0.1) is 10.1 Å². The molecule has 0 saturated carbocycles. The molecule has 2 N–H and O–H groups in total. The van der Waals surface area contributed by atoms with Crippen molar-refractivity contribution < 1.29 is 37.3 Å². The molecule has 1 aromatic rings. The first-order valence-electron chi connectivity index (χ1n) is 7.80. The molecule has 1 aromatic carbocycles. The van der Waals surface area contributed by atoms with E-state index in [1.807, 2.05) is 0 Å². The van der Waals surface area contributed by atoms with Gasteiger partial charge in [-0.1, -0.05) is 12.1 Å². The average Bonchev–Trinajstić information content (AvgIpc) is 2.55. The molecule has 1 amide bonds. The van der Waals surface area contributed by atoms with E-state index in [1.165, 1.54) is 24.3 Å². The average molecular weight is 402 g/mol. The lowest BCUT2D eigenvalue weighted by molar-refractivity contribution is -0.384. The number of aliphatic carboxylic acids is 1. The predicted molar refractivity (Wildman–Crippen MR) is 90.8 cm³/mol. The Morgan fingerprint density at radius 2 is 1.93 bits per heavy atom. The first-order chi connectivity index (χ1) is 12.4. The number of piperidine rings is 1. The molecule has 1 saturated heterocycles. The maximum Gasteiger partial charge on any atom is 0.408 e. The van der Waals surface area contributed by atoms with Crippen LogP contribution in [-0.4, -0.2) is 65.0 Å². The molecule has 0 radical (unpaired) electrons. The normalized spacial score (nSPS) is 23.0. The fourth-order valence-corrected chi connectivity index (χ4v) is 3.80. The maximum absolute atomic E-state index is 12.0. The molecule has 0 aromatic heterocycles. The van der Waals surface area contributed by atoms with E-state index in [9.17, 15) is 38.3 Å². The Hall–Kier alpha value is -2.73. The van der Waals surface area contributed by atoms with Gasteiger partial charge < -0.3 is 10.2 Å². The van der Waals surface area contributed by atoms with E-state index < -0.39 is 45.3 Å². The van der Waals surface area contributed by atoms with Crippen molar-refractivity contribution in [1.82, 2.24) is 4.90 Å². The van der Waals surface area contributed by atoms with Crippen LogP contribution in [0.4, 0.5) is 10.5 Å². The quantitative estimate of drug-likeness (QED) is 0.402. The summed E-state index contributed by atoms with van der Waals surface area (Å²) in [5.74, 6) is -1.39. The minimum atomic E-state index is -3.83. The number of carbonyl (C=O) groups is 2. The summed E-state index contributed by atoms with van der Waals surface area (Å²) in [6.45, 7) is -0.429. The molecule has 2 atom stereocenters. The van der Waals surface area contributed by atoms with E-state index in [4.69, 9.17) is 4.18 Å². The third-order valence-electron chi connectivity index (χ3n) is 4.37. The number of amides is 1. The number of likely N-dealkylation sites (tertiary alicyclic amines) is 1. The zero-order valence-corrected chi connectivity index (χ0v) is 15.1. The van der Waals surface area contributed by atoms with Gasteiger partial charge in [0.05, 0.1) is 23.8 Å². The summed E-state index contributed by atoms with van der Waals surface area (Å²) < 4.78 is 27.4. The highest BCUT2D eigenvalue weighted by Crippen LogP contribution is 2.34. The Balaban J connectivity index is 2.33. The molecule has 27 heavy (non-hydrogen) atoms. The van der Waals surface area contributed by atoms with Gasteiger partial charge in [0.15, 0.2) is 0 Å². The third kappa shape index (κ3) is 4.71. The van der Waals surface area contributed by atoms with Gasteiger partial charge in [0.25, 0.3) is 15.8 Å². The summed E-state index contributed by atoms with van der Waals surface area (Å²) in [5, 5.41) is 30.0. The van der Waals surface area contributed by atoms with Crippen LogP contribution >= 0.6 is 0 Å². The number of carboxylic acid groups (broad SMARTS) is 2. The van der Waals surface area contributed by atoms with Crippen molar-refractivity contribution in [3.63, 3.8) is 0 Å². The standard InChI is InChI=1S/C15H18N2O9S/c1-27(24,25)26-12-6-7-15(13(18)19,16(9-12)14(20)21)8-10-2-4-11(5-3-10)17(22)23/h2-5,12H,6-9H2,1H3,(H,18,19)(H,20,21). The van der Waals surface area contributed by atoms with Gasteiger partial charge in [-0.25, -0.2) is 9.59 Å². The van der Waals surface area contributed by atoms with Crippen LogP contribution in [0.3, 0.4) is 0 Å². The summed E-state index contributed by atoms with van der Waals surface area (Å²) >= 11 is 0. The summed E-state index contributed by atoms with van der Waals surface area (Å²) in [5.41, 5.74) is -1.61. The van der Waals surface area contributed by atoms with Crippen LogP contribution in [0.1, 0.15) is 18.4 Å². The molecule has 0 aliphatic carbocycles. The van der Waals surface area contributed by atoms with Crippen molar-refractivity contribution in [2.45, 2.75) is 30.9 Å². The van der Waals surface area contributed by atoms with Crippen molar-refractivity contribution in [2.75, 3.05) is 12.8 Å². The second kappa shape index (κ2) is 7.48. The molecule has 1 fully saturated rings. The monoisotopic (exact) mass is 402 g/mol. The van der Waals surface area contributed by atoms with Crippen LogP contribution < -0.4 is 0 Å². The lowest BCUT2D eigenvalue weighted by atomic mass is 9.80. The fraction of sp³-hybridized carbons (Fsp3) is 0.467. The molecule has 11 nitrogen and oxygen atoms in total. The van der Waals surface area contributed by atoms with Crippen LogP contribution in [0.5, 0.6) is 0 Å². The minimum absolute atomic E-state index is 0.0239. The van der Waals surface area contributed by atoms with Gasteiger partial charge in [0.2, 0.25) is 0 Å². The molecule has 2 rings (SSSR count). The largest absolute Gasteiger partial charge is 0.479 e. The van der Waals surface area contributed by atoms with Gasteiger partial charge in [-0.3, -0.25) is 19.2 Å². The summed E-state index contributed by atoms with van der Waals surface area (Å²) in [7, 11) is -3.83. The summed E-state index contributed by atoms with van der Waals surface area (Å²) in [6, 6.07) is 5.13. The zero-order valence-electron chi connectivity index (χ0n) is 14.3. The Morgan fingerprint density at radius 3 is 2.37 bits per heavy atom. The Kier molecular flexibility index (Phi) is 5.70. The first kappa shape index (κ1) is 20.6. The fourth-order valence-electron chi connectivity index (χ4n) is 3.15. The van der Waals surface area contributed by atoms with Crippen molar-refractivity contribution in [3.05, 3.63) is 39.9 Å². The molecule has 12 heteroatoms. The molecule has 148 valence electrons.